The number of hydrogen-bond acceptors (Lipinski definition) is 7. The second-order valence-corrected chi connectivity index (χ2v) is 5.35. The van der Waals surface area contributed by atoms with Gasteiger partial charge in [-0.05, 0) is 12.1 Å². The van der Waals surface area contributed by atoms with E-state index >= 15 is 0 Å². The van der Waals surface area contributed by atoms with Gasteiger partial charge in [0.05, 0.1) is 5.69 Å². The topological polar surface area (TPSA) is 132 Å². The zero-order valence-electron chi connectivity index (χ0n) is 14.2. The maximum absolute atomic E-state index is 11.6. The van der Waals surface area contributed by atoms with Crippen LogP contribution in [0.3, 0.4) is 0 Å². The molecule has 10 heteroatoms. The summed E-state index contributed by atoms with van der Waals surface area (Å²) in [6.07, 6.45) is -1.21. The van der Waals surface area contributed by atoms with Crippen molar-refractivity contribution in [2.75, 3.05) is 5.32 Å². The van der Waals surface area contributed by atoms with Gasteiger partial charge in [0.15, 0.2) is 12.3 Å². The summed E-state index contributed by atoms with van der Waals surface area (Å²) in [6.45, 7) is -0.0166. The van der Waals surface area contributed by atoms with Gasteiger partial charge in [0.1, 0.15) is 5.82 Å². The lowest BCUT2D eigenvalue weighted by Crippen LogP contribution is -2.17. The van der Waals surface area contributed by atoms with E-state index < -0.39 is 11.8 Å². The molecule has 0 aliphatic heterocycles. The lowest BCUT2D eigenvalue weighted by Gasteiger charge is -2.06. The molecule has 0 atom stereocenters. The van der Waals surface area contributed by atoms with Gasteiger partial charge in [0, 0.05) is 12.6 Å². The first-order valence-electron chi connectivity index (χ1n) is 7.79. The molecular weight excluding hydrogens is 354 g/mol. The van der Waals surface area contributed by atoms with Crippen LogP contribution in [0.4, 0.5) is 10.6 Å². The van der Waals surface area contributed by atoms with E-state index in [0.717, 1.165) is 0 Å². The first-order valence-corrected chi connectivity index (χ1v) is 7.79. The minimum absolute atomic E-state index is 0.0166. The smallest absolute Gasteiger partial charge is 0.441 e. The summed E-state index contributed by atoms with van der Waals surface area (Å²) >= 11 is 0. The summed E-state index contributed by atoms with van der Waals surface area (Å²) in [5.41, 5.74) is 1.45. The van der Waals surface area contributed by atoms with Crippen molar-refractivity contribution in [2.24, 2.45) is 12.2 Å². The van der Waals surface area contributed by atoms with Gasteiger partial charge in [-0.2, -0.15) is 0 Å². The van der Waals surface area contributed by atoms with Gasteiger partial charge in [0.2, 0.25) is 5.82 Å². The SMILES string of the molecule is Cn1c(/C(=N\OCc2cccc(NC(=O)O)n2)c2ccccc2)noc1=O. The predicted octanol–water partition coefficient (Wildman–Crippen LogP) is 1.83. The fraction of sp³-hybridized carbons (Fsp3) is 0.118. The van der Waals surface area contributed by atoms with E-state index in [4.69, 9.17) is 9.94 Å². The van der Waals surface area contributed by atoms with E-state index in [1.54, 1.807) is 24.3 Å². The molecular formula is C17H15N5O5. The Bertz CT molecular complexity index is 1030. The molecule has 2 aromatic heterocycles. The molecule has 0 aliphatic rings. The molecule has 2 heterocycles. The molecule has 0 aliphatic carbocycles. The predicted molar refractivity (Wildman–Crippen MR) is 94.5 cm³/mol. The minimum Gasteiger partial charge on any atom is -0.465 e. The molecule has 1 amide bonds. The highest BCUT2D eigenvalue weighted by molar-refractivity contribution is 6.10. The molecule has 1 aromatic carbocycles. The van der Waals surface area contributed by atoms with E-state index in [1.165, 1.54) is 17.7 Å². The van der Waals surface area contributed by atoms with Crippen molar-refractivity contribution in [1.29, 1.82) is 0 Å². The third-order valence-corrected chi connectivity index (χ3v) is 3.47. The maximum Gasteiger partial charge on any atom is 0.441 e. The average molecular weight is 369 g/mol. The third-order valence-electron chi connectivity index (χ3n) is 3.47. The average Bonchev–Trinajstić information content (AvgIpc) is 2.98. The number of aromatic nitrogens is 3. The molecule has 0 spiro atoms. The summed E-state index contributed by atoms with van der Waals surface area (Å²) in [5, 5.41) is 18.7. The Kier molecular flexibility index (Phi) is 5.26. The molecule has 2 N–H and O–H groups in total. The Morgan fingerprint density at radius 3 is 2.70 bits per heavy atom. The zero-order chi connectivity index (χ0) is 19.2. The minimum atomic E-state index is -1.21. The Labute approximate surface area is 152 Å². The van der Waals surface area contributed by atoms with E-state index in [0.29, 0.717) is 17.0 Å². The molecule has 0 unspecified atom stereocenters. The first kappa shape index (κ1) is 17.9. The molecule has 0 radical (unpaired) electrons. The van der Waals surface area contributed by atoms with Crippen molar-refractivity contribution in [3.8, 4) is 0 Å². The van der Waals surface area contributed by atoms with E-state index in [9.17, 15) is 9.59 Å². The number of nitrogens with zero attached hydrogens (tertiary/aromatic N) is 4. The molecule has 0 saturated heterocycles. The van der Waals surface area contributed by atoms with Crippen LogP contribution in [0.1, 0.15) is 17.1 Å². The van der Waals surface area contributed by atoms with Crippen molar-refractivity contribution in [3.05, 3.63) is 76.2 Å². The summed E-state index contributed by atoms with van der Waals surface area (Å²) in [5.74, 6) is -0.238. The summed E-state index contributed by atoms with van der Waals surface area (Å²) in [4.78, 5) is 31.7. The Morgan fingerprint density at radius 2 is 2.04 bits per heavy atom. The van der Waals surface area contributed by atoms with Gasteiger partial charge in [-0.3, -0.25) is 14.4 Å². The third kappa shape index (κ3) is 4.37. The van der Waals surface area contributed by atoms with Crippen molar-refractivity contribution >= 4 is 17.6 Å². The second kappa shape index (κ2) is 7.95. The summed E-state index contributed by atoms with van der Waals surface area (Å²) < 4.78 is 5.87. The zero-order valence-corrected chi connectivity index (χ0v) is 14.2. The molecule has 3 aromatic rings. The number of benzene rings is 1. The molecule has 0 fully saturated rings. The molecule has 3 rings (SSSR count). The fourth-order valence-electron chi connectivity index (χ4n) is 2.21. The number of nitrogens with one attached hydrogen (secondary N) is 1. The van der Waals surface area contributed by atoms with Gasteiger partial charge in [-0.1, -0.05) is 46.7 Å². The van der Waals surface area contributed by atoms with Gasteiger partial charge < -0.3 is 9.94 Å². The maximum atomic E-state index is 11.6. The van der Waals surface area contributed by atoms with Gasteiger partial charge in [-0.15, -0.1) is 0 Å². The van der Waals surface area contributed by atoms with Crippen LogP contribution < -0.4 is 11.1 Å². The van der Waals surface area contributed by atoms with Crippen LogP contribution in [-0.2, 0) is 18.5 Å². The van der Waals surface area contributed by atoms with Gasteiger partial charge in [0.25, 0.3) is 0 Å². The fourth-order valence-corrected chi connectivity index (χ4v) is 2.21. The van der Waals surface area contributed by atoms with Crippen LogP contribution in [-0.4, -0.2) is 31.6 Å². The lowest BCUT2D eigenvalue weighted by molar-refractivity contribution is 0.128. The van der Waals surface area contributed by atoms with E-state index in [2.05, 4.69) is 25.1 Å². The number of oxime groups is 1. The van der Waals surface area contributed by atoms with Crippen LogP contribution >= 0.6 is 0 Å². The highest BCUT2D eigenvalue weighted by atomic mass is 16.6. The lowest BCUT2D eigenvalue weighted by atomic mass is 10.1. The quantitative estimate of drug-likeness (QED) is 0.500. The van der Waals surface area contributed by atoms with Crippen LogP contribution in [0.15, 0.2) is 63.0 Å². The molecule has 0 saturated carbocycles. The summed E-state index contributed by atoms with van der Waals surface area (Å²) in [6, 6.07) is 13.9. The molecule has 138 valence electrons. The van der Waals surface area contributed by atoms with Crippen LogP contribution in [0.2, 0.25) is 0 Å². The Hall–Kier alpha value is -3.95. The van der Waals surface area contributed by atoms with E-state index in [-0.39, 0.29) is 18.2 Å². The van der Waals surface area contributed by atoms with Crippen LogP contribution in [0.5, 0.6) is 0 Å². The number of hydrogen-bond donors (Lipinski definition) is 2. The van der Waals surface area contributed by atoms with Crippen LogP contribution in [0.25, 0.3) is 0 Å². The van der Waals surface area contributed by atoms with Crippen molar-refractivity contribution in [2.45, 2.75) is 6.61 Å². The summed E-state index contributed by atoms with van der Waals surface area (Å²) in [7, 11) is 1.51. The largest absolute Gasteiger partial charge is 0.465 e. The highest BCUT2D eigenvalue weighted by Gasteiger charge is 2.17. The van der Waals surface area contributed by atoms with Gasteiger partial charge >= 0.3 is 11.8 Å². The molecule has 0 bridgehead atoms. The van der Waals surface area contributed by atoms with Crippen molar-refractivity contribution in [3.63, 3.8) is 0 Å². The van der Waals surface area contributed by atoms with Crippen molar-refractivity contribution in [1.82, 2.24) is 14.7 Å². The standard InChI is InChI=1S/C17H15N5O5/c1-22-15(21-27-17(22)25)14(11-6-3-2-4-7-11)20-26-10-12-8-5-9-13(18-12)19-16(23)24/h2-9H,10H2,1H3,(H,18,19)(H,23,24)/b20-14-. The normalized spacial score (nSPS) is 11.2. The second-order valence-electron chi connectivity index (χ2n) is 5.35. The van der Waals surface area contributed by atoms with Crippen molar-refractivity contribution < 1.29 is 19.3 Å². The van der Waals surface area contributed by atoms with E-state index in [1.807, 2.05) is 18.2 Å². The number of amides is 1. The molecule has 10 nitrogen and oxygen atoms in total. The number of rotatable bonds is 6. The highest BCUT2D eigenvalue weighted by Crippen LogP contribution is 2.10. The molecule has 27 heavy (non-hydrogen) atoms. The number of anilines is 1. The monoisotopic (exact) mass is 369 g/mol. The number of pyridine rings is 1. The Balaban J connectivity index is 1.84. The van der Waals surface area contributed by atoms with Crippen LogP contribution in [0, 0.1) is 0 Å². The Morgan fingerprint density at radius 1 is 1.26 bits per heavy atom. The van der Waals surface area contributed by atoms with Gasteiger partial charge in [-0.25, -0.2) is 14.6 Å². The number of carboxylic acid groups (broad SMARTS) is 1. The number of carbonyl (C=O) groups is 1. The first-order chi connectivity index (χ1) is 13.0.